The van der Waals surface area contributed by atoms with Gasteiger partial charge in [-0.3, -0.25) is 0 Å². The van der Waals surface area contributed by atoms with E-state index in [2.05, 4.69) is 30.1 Å². The number of nitrogens with zero attached hydrogens (tertiary/aromatic N) is 6. The maximum atomic E-state index is 9.23. The van der Waals surface area contributed by atoms with Crippen LogP contribution >= 0.6 is 0 Å². The average Bonchev–Trinajstić information content (AvgIpc) is 2.57. The number of hydrogen-bond donors (Lipinski definition) is 1. The van der Waals surface area contributed by atoms with Crippen LogP contribution in [0.25, 0.3) is 23.0 Å². The molecule has 104 valence electrons. The van der Waals surface area contributed by atoms with E-state index in [-0.39, 0.29) is 6.61 Å². The van der Waals surface area contributed by atoms with Gasteiger partial charge in [0, 0.05) is 31.4 Å². The molecule has 0 aliphatic heterocycles. The van der Waals surface area contributed by atoms with E-state index in [1.807, 2.05) is 6.07 Å². The molecular formula is C14H12N6O. The van der Waals surface area contributed by atoms with Crippen LogP contribution in [0.4, 0.5) is 0 Å². The van der Waals surface area contributed by atoms with Crippen molar-refractivity contribution in [2.75, 3.05) is 6.61 Å². The molecule has 0 aliphatic carbocycles. The smallest absolute Gasteiger partial charge is 0.180 e. The first kappa shape index (κ1) is 13.2. The van der Waals surface area contributed by atoms with Gasteiger partial charge in [-0.1, -0.05) is 0 Å². The van der Waals surface area contributed by atoms with E-state index in [4.69, 9.17) is 0 Å². The summed E-state index contributed by atoms with van der Waals surface area (Å²) in [7, 11) is 0. The van der Waals surface area contributed by atoms with Crippen molar-refractivity contribution in [3.8, 4) is 23.0 Å². The van der Waals surface area contributed by atoms with E-state index < -0.39 is 0 Å². The summed E-state index contributed by atoms with van der Waals surface area (Å²) in [6, 6.07) is 5.27. The highest BCUT2D eigenvalue weighted by Gasteiger charge is 2.13. The Morgan fingerprint density at radius 1 is 0.810 bits per heavy atom. The minimum Gasteiger partial charge on any atom is -0.396 e. The molecule has 7 nitrogen and oxygen atoms in total. The number of rotatable bonds is 4. The molecule has 0 amide bonds. The van der Waals surface area contributed by atoms with Crippen molar-refractivity contribution in [3.63, 3.8) is 0 Å². The predicted octanol–water partition coefficient (Wildman–Crippen LogP) is 0.925. The van der Waals surface area contributed by atoms with Gasteiger partial charge in [-0.05, 0) is 30.2 Å². The third-order valence-electron chi connectivity index (χ3n) is 2.83. The highest BCUT2D eigenvalue weighted by Crippen LogP contribution is 2.20. The summed E-state index contributed by atoms with van der Waals surface area (Å²) in [6.45, 7) is 0.000609. The maximum absolute atomic E-state index is 9.23. The van der Waals surface area contributed by atoms with Gasteiger partial charge < -0.3 is 5.11 Å². The molecule has 0 unspecified atom stereocenters. The van der Waals surface area contributed by atoms with Crippen molar-refractivity contribution >= 4 is 0 Å². The molecule has 3 aromatic heterocycles. The molecular weight excluding hydrogens is 268 g/mol. The molecule has 0 aromatic carbocycles. The zero-order valence-corrected chi connectivity index (χ0v) is 11.1. The lowest BCUT2D eigenvalue weighted by atomic mass is 10.1. The zero-order valence-electron chi connectivity index (χ0n) is 11.1. The second-order valence-electron chi connectivity index (χ2n) is 4.22. The molecule has 3 aromatic rings. The van der Waals surface area contributed by atoms with Crippen LogP contribution in [0.2, 0.25) is 0 Å². The van der Waals surface area contributed by atoms with Gasteiger partial charge in [-0.25, -0.2) is 19.9 Å². The fourth-order valence-corrected chi connectivity index (χ4v) is 1.89. The van der Waals surface area contributed by atoms with Gasteiger partial charge in [-0.2, -0.15) is 0 Å². The van der Waals surface area contributed by atoms with Crippen LogP contribution in [0.3, 0.4) is 0 Å². The lowest BCUT2D eigenvalue weighted by Crippen LogP contribution is -2.03. The monoisotopic (exact) mass is 280 g/mol. The number of aliphatic hydroxyl groups is 1. The van der Waals surface area contributed by atoms with Crippen molar-refractivity contribution in [3.05, 3.63) is 48.5 Å². The van der Waals surface area contributed by atoms with Crippen molar-refractivity contribution in [2.24, 2.45) is 0 Å². The van der Waals surface area contributed by atoms with Crippen LogP contribution in [0.5, 0.6) is 0 Å². The molecule has 3 heterocycles. The van der Waals surface area contributed by atoms with Crippen LogP contribution in [0.1, 0.15) is 5.56 Å². The number of hydrogen-bond acceptors (Lipinski definition) is 7. The Morgan fingerprint density at radius 3 is 2.05 bits per heavy atom. The zero-order chi connectivity index (χ0) is 14.5. The summed E-state index contributed by atoms with van der Waals surface area (Å²) >= 11 is 0. The second kappa shape index (κ2) is 6.10. The Balaban J connectivity index is 2.07. The summed E-state index contributed by atoms with van der Waals surface area (Å²) in [5, 5.41) is 17.5. The summed E-state index contributed by atoms with van der Waals surface area (Å²) in [6.07, 6.45) is 7.00. The number of aliphatic hydroxyl groups excluding tert-OH is 1. The summed E-state index contributed by atoms with van der Waals surface area (Å²) in [4.78, 5) is 16.6. The third-order valence-corrected chi connectivity index (χ3v) is 2.83. The van der Waals surface area contributed by atoms with Crippen molar-refractivity contribution in [2.45, 2.75) is 6.42 Å². The Morgan fingerprint density at radius 2 is 1.43 bits per heavy atom. The van der Waals surface area contributed by atoms with E-state index in [0.29, 0.717) is 29.5 Å². The topological polar surface area (TPSA) is 97.6 Å². The van der Waals surface area contributed by atoms with E-state index in [0.717, 1.165) is 5.56 Å². The molecule has 3 rings (SSSR count). The molecule has 0 saturated heterocycles. The van der Waals surface area contributed by atoms with E-state index in [1.54, 1.807) is 36.9 Å². The molecule has 0 radical (unpaired) electrons. The van der Waals surface area contributed by atoms with Gasteiger partial charge in [-0.15, -0.1) is 10.2 Å². The second-order valence-corrected chi connectivity index (χ2v) is 4.22. The normalized spacial score (nSPS) is 10.5. The average molecular weight is 280 g/mol. The standard InChI is InChI=1S/C14H12N6O/c21-8-3-10-9-11(13-15-4-1-5-16-13)19-20-12(10)14-17-6-2-7-18-14/h1-2,4-7,9,21H,3,8H2. The molecule has 0 atom stereocenters. The van der Waals surface area contributed by atoms with Crippen LogP contribution in [-0.2, 0) is 6.42 Å². The SMILES string of the molecule is OCCc1cc(-c2ncccn2)nnc1-c1ncccn1. The molecule has 0 spiro atoms. The Bertz CT molecular complexity index is 720. The first-order valence-electron chi connectivity index (χ1n) is 6.40. The van der Waals surface area contributed by atoms with E-state index in [1.165, 1.54) is 0 Å². The Kier molecular flexibility index (Phi) is 3.83. The number of aromatic nitrogens is 6. The van der Waals surface area contributed by atoms with E-state index >= 15 is 0 Å². The molecule has 0 aliphatic rings. The van der Waals surface area contributed by atoms with Crippen LogP contribution in [-0.4, -0.2) is 41.8 Å². The lowest BCUT2D eigenvalue weighted by Gasteiger charge is -2.07. The molecule has 1 N–H and O–H groups in total. The fraction of sp³-hybridized carbons (Fsp3) is 0.143. The molecule has 0 saturated carbocycles. The summed E-state index contributed by atoms with van der Waals surface area (Å²) in [5.74, 6) is 0.971. The van der Waals surface area contributed by atoms with Gasteiger partial charge >= 0.3 is 0 Å². The largest absolute Gasteiger partial charge is 0.396 e. The van der Waals surface area contributed by atoms with Gasteiger partial charge in [0.25, 0.3) is 0 Å². The summed E-state index contributed by atoms with van der Waals surface area (Å²) < 4.78 is 0. The Labute approximate surface area is 120 Å². The van der Waals surface area contributed by atoms with Crippen molar-refractivity contribution < 1.29 is 5.11 Å². The van der Waals surface area contributed by atoms with Gasteiger partial charge in [0.2, 0.25) is 0 Å². The van der Waals surface area contributed by atoms with Gasteiger partial charge in [0.15, 0.2) is 11.6 Å². The van der Waals surface area contributed by atoms with Crippen LogP contribution < -0.4 is 0 Å². The molecule has 7 heteroatoms. The third kappa shape index (κ3) is 2.87. The minimum absolute atomic E-state index is 0.000609. The van der Waals surface area contributed by atoms with Crippen molar-refractivity contribution in [1.82, 2.24) is 30.1 Å². The van der Waals surface area contributed by atoms with Crippen molar-refractivity contribution in [1.29, 1.82) is 0 Å². The molecule has 0 fully saturated rings. The van der Waals surface area contributed by atoms with Gasteiger partial charge in [0.05, 0.1) is 0 Å². The summed E-state index contributed by atoms with van der Waals surface area (Å²) in [5.41, 5.74) is 1.92. The Hall–Kier alpha value is -2.80. The van der Waals surface area contributed by atoms with Gasteiger partial charge in [0.1, 0.15) is 11.4 Å². The minimum atomic E-state index is 0.000609. The van der Waals surface area contributed by atoms with Crippen LogP contribution in [0.15, 0.2) is 43.0 Å². The molecule has 21 heavy (non-hydrogen) atoms. The highest BCUT2D eigenvalue weighted by molar-refractivity contribution is 5.59. The molecule has 0 bridgehead atoms. The quantitative estimate of drug-likeness (QED) is 0.759. The van der Waals surface area contributed by atoms with Crippen LogP contribution in [0, 0.1) is 0 Å². The lowest BCUT2D eigenvalue weighted by molar-refractivity contribution is 0.299. The first-order chi connectivity index (χ1) is 10.4. The van der Waals surface area contributed by atoms with E-state index in [9.17, 15) is 5.11 Å². The first-order valence-corrected chi connectivity index (χ1v) is 6.40. The predicted molar refractivity (Wildman–Crippen MR) is 74.9 cm³/mol. The highest BCUT2D eigenvalue weighted by atomic mass is 16.2. The fourth-order valence-electron chi connectivity index (χ4n) is 1.89. The maximum Gasteiger partial charge on any atom is 0.180 e.